The molecule has 0 aromatic heterocycles. The molecule has 0 spiro atoms. The number of carbonyl (C=O) groups excluding carboxylic acids is 1. The second kappa shape index (κ2) is 8.76. The highest BCUT2D eigenvalue weighted by molar-refractivity contribution is 7.88. The summed E-state index contributed by atoms with van der Waals surface area (Å²) in [6.07, 6.45) is 1.94. The smallest absolute Gasteiger partial charge is 0.223 e. The number of carbonyl (C=O) groups is 1. The van der Waals surface area contributed by atoms with Crippen LogP contribution >= 0.6 is 0 Å². The van der Waals surface area contributed by atoms with Crippen LogP contribution in [0.1, 0.15) is 38.7 Å². The van der Waals surface area contributed by atoms with Crippen molar-refractivity contribution in [1.82, 2.24) is 9.62 Å². The van der Waals surface area contributed by atoms with Crippen molar-refractivity contribution in [2.24, 2.45) is 11.8 Å². The first-order chi connectivity index (χ1) is 11.8. The van der Waals surface area contributed by atoms with Gasteiger partial charge in [0.2, 0.25) is 15.9 Å². The van der Waals surface area contributed by atoms with Gasteiger partial charge in [-0.3, -0.25) is 4.79 Å². The van der Waals surface area contributed by atoms with Crippen LogP contribution in [0.5, 0.6) is 0 Å². The minimum atomic E-state index is -3.57. The summed E-state index contributed by atoms with van der Waals surface area (Å²) >= 11 is 0. The minimum absolute atomic E-state index is 0.00630. The summed E-state index contributed by atoms with van der Waals surface area (Å²) in [5.41, 5.74) is 0.177. The predicted molar refractivity (Wildman–Crippen MR) is 95.8 cm³/mol. The molecule has 1 aromatic carbocycles. The number of nitrogens with zero attached hydrogens (tertiary/aromatic N) is 1. The lowest BCUT2D eigenvalue weighted by molar-refractivity contribution is -0.126. The molecule has 140 valence electrons. The summed E-state index contributed by atoms with van der Waals surface area (Å²) in [5, 5.41) is 2.93. The Labute approximate surface area is 149 Å². The molecule has 1 aliphatic heterocycles. The second-order valence-corrected chi connectivity index (χ2v) is 8.96. The van der Waals surface area contributed by atoms with Crippen molar-refractivity contribution in [3.63, 3.8) is 0 Å². The number of rotatable bonds is 7. The number of sulfonamides is 1. The Morgan fingerprint density at radius 2 is 1.92 bits per heavy atom. The number of benzene rings is 1. The Balaban J connectivity index is 1.86. The van der Waals surface area contributed by atoms with Gasteiger partial charge in [-0.15, -0.1) is 0 Å². The van der Waals surface area contributed by atoms with E-state index in [0.29, 0.717) is 38.4 Å². The van der Waals surface area contributed by atoms with E-state index in [1.807, 2.05) is 0 Å². The molecule has 1 N–H and O–H groups in total. The molecule has 1 amide bonds. The van der Waals surface area contributed by atoms with Crippen LogP contribution in [-0.2, 0) is 20.6 Å². The van der Waals surface area contributed by atoms with Crippen molar-refractivity contribution < 1.29 is 17.6 Å². The van der Waals surface area contributed by atoms with Crippen LogP contribution < -0.4 is 5.32 Å². The Morgan fingerprint density at radius 1 is 1.28 bits per heavy atom. The molecule has 1 saturated heterocycles. The van der Waals surface area contributed by atoms with Gasteiger partial charge in [0.15, 0.2) is 0 Å². The molecule has 1 heterocycles. The Kier molecular flexibility index (Phi) is 6.95. The molecule has 5 nitrogen and oxygen atoms in total. The molecule has 1 aliphatic rings. The van der Waals surface area contributed by atoms with Gasteiger partial charge in [-0.2, -0.15) is 0 Å². The molecule has 0 bridgehead atoms. The van der Waals surface area contributed by atoms with Gasteiger partial charge in [-0.25, -0.2) is 17.1 Å². The number of hydrogen-bond donors (Lipinski definition) is 1. The number of halogens is 1. The zero-order valence-electron chi connectivity index (χ0n) is 14.9. The minimum Gasteiger partial charge on any atom is -0.356 e. The van der Waals surface area contributed by atoms with E-state index in [9.17, 15) is 17.6 Å². The highest BCUT2D eigenvalue weighted by Gasteiger charge is 2.31. The third-order valence-electron chi connectivity index (χ3n) is 4.53. The van der Waals surface area contributed by atoms with Crippen LogP contribution in [0.2, 0.25) is 0 Å². The molecular weight excluding hydrogens is 343 g/mol. The fourth-order valence-electron chi connectivity index (χ4n) is 2.93. The third kappa shape index (κ3) is 5.78. The topological polar surface area (TPSA) is 66.5 Å². The quantitative estimate of drug-likeness (QED) is 0.802. The highest BCUT2D eigenvalue weighted by Crippen LogP contribution is 2.22. The van der Waals surface area contributed by atoms with Crippen molar-refractivity contribution in [3.8, 4) is 0 Å². The molecule has 0 atom stereocenters. The molecule has 25 heavy (non-hydrogen) atoms. The largest absolute Gasteiger partial charge is 0.356 e. The van der Waals surface area contributed by atoms with Gasteiger partial charge in [0.25, 0.3) is 0 Å². The fourth-order valence-corrected chi connectivity index (χ4v) is 4.50. The van der Waals surface area contributed by atoms with E-state index in [1.165, 1.54) is 22.5 Å². The lowest BCUT2D eigenvalue weighted by Gasteiger charge is -2.30. The first-order valence-electron chi connectivity index (χ1n) is 8.78. The first kappa shape index (κ1) is 19.8. The number of amides is 1. The van der Waals surface area contributed by atoms with Crippen molar-refractivity contribution in [1.29, 1.82) is 0 Å². The Hall–Kier alpha value is -1.47. The molecule has 2 rings (SSSR count). The Morgan fingerprint density at radius 3 is 2.52 bits per heavy atom. The lowest BCUT2D eigenvalue weighted by Crippen LogP contribution is -2.43. The SMILES string of the molecule is CC(C)CCNC(=O)C1CCN(S(=O)(=O)Cc2ccccc2F)CC1. The van der Waals surface area contributed by atoms with Crippen molar-refractivity contribution in [3.05, 3.63) is 35.6 Å². The van der Waals surface area contributed by atoms with E-state index in [2.05, 4.69) is 19.2 Å². The molecule has 7 heteroatoms. The van der Waals surface area contributed by atoms with E-state index >= 15 is 0 Å². The summed E-state index contributed by atoms with van der Waals surface area (Å²) in [4.78, 5) is 12.1. The van der Waals surface area contributed by atoms with Gasteiger partial charge in [-0.05, 0) is 31.2 Å². The summed E-state index contributed by atoms with van der Waals surface area (Å²) < 4.78 is 40.0. The van der Waals surface area contributed by atoms with Crippen LogP contribution in [0.15, 0.2) is 24.3 Å². The van der Waals surface area contributed by atoms with Gasteiger partial charge in [0.05, 0.1) is 5.75 Å². The first-order valence-corrected chi connectivity index (χ1v) is 10.4. The summed E-state index contributed by atoms with van der Waals surface area (Å²) in [7, 11) is -3.57. The predicted octanol–water partition coefficient (Wildman–Crippen LogP) is 2.53. The standard InChI is InChI=1S/C18H27FN2O3S/c1-14(2)7-10-20-18(22)15-8-11-21(12-9-15)25(23,24)13-16-5-3-4-6-17(16)19/h3-6,14-15H,7-13H2,1-2H3,(H,20,22). The van der Waals surface area contributed by atoms with E-state index in [4.69, 9.17) is 0 Å². The molecule has 0 aliphatic carbocycles. The Bertz CT molecular complexity index is 683. The molecule has 1 fully saturated rings. The van der Waals surface area contributed by atoms with Crippen molar-refractivity contribution in [2.75, 3.05) is 19.6 Å². The summed E-state index contributed by atoms with van der Waals surface area (Å²) in [6.45, 7) is 5.47. The van der Waals surface area contributed by atoms with E-state index in [0.717, 1.165) is 6.42 Å². The van der Waals surface area contributed by atoms with E-state index < -0.39 is 15.8 Å². The van der Waals surface area contributed by atoms with Crippen LogP contribution in [-0.4, -0.2) is 38.3 Å². The number of hydrogen-bond acceptors (Lipinski definition) is 3. The van der Waals surface area contributed by atoms with E-state index in [1.54, 1.807) is 6.07 Å². The second-order valence-electron chi connectivity index (χ2n) is 6.99. The maximum Gasteiger partial charge on any atom is 0.223 e. The van der Waals surface area contributed by atoms with Gasteiger partial charge in [0, 0.05) is 31.1 Å². The van der Waals surface area contributed by atoms with Gasteiger partial charge < -0.3 is 5.32 Å². The lowest BCUT2D eigenvalue weighted by atomic mass is 9.97. The average molecular weight is 370 g/mol. The van der Waals surface area contributed by atoms with Crippen LogP contribution in [0.3, 0.4) is 0 Å². The van der Waals surface area contributed by atoms with Gasteiger partial charge in [-0.1, -0.05) is 32.0 Å². The summed E-state index contributed by atoms with van der Waals surface area (Å²) in [6, 6.07) is 5.91. The zero-order valence-corrected chi connectivity index (χ0v) is 15.7. The van der Waals surface area contributed by atoms with Gasteiger partial charge in [0.1, 0.15) is 5.82 Å². The number of piperidine rings is 1. The zero-order chi connectivity index (χ0) is 18.4. The third-order valence-corrected chi connectivity index (χ3v) is 6.36. The molecule has 1 aromatic rings. The monoisotopic (exact) mass is 370 g/mol. The molecule has 0 unspecified atom stereocenters. The average Bonchev–Trinajstić information content (AvgIpc) is 2.56. The van der Waals surface area contributed by atoms with Gasteiger partial charge >= 0.3 is 0 Å². The van der Waals surface area contributed by atoms with Crippen molar-refractivity contribution in [2.45, 2.75) is 38.9 Å². The maximum absolute atomic E-state index is 13.7. The van der Waals surface area contributed by atoms with E-state index in [-0.39, 0.29) is 23.1 Å². The van der Waals surface area contributed by atoms with Crippen molar-refractivity contribution >= 4 is 15.9 Å². The van der Waals surface area contributed by atoms with Crippen LogP contribution in [0, 0.1) is 17.7 Å². The van der Waals surface area contributed by atoms with Crippen LogP contribution in [0.4, 0.5) is 4.39 Å². The normalized spacial score (nSPS) is 17.0. The highest BCUT2D eigenvalue weighted by atomic mass is 32.2. The summed E-state index contributed by atoms with van der Waals surface area (Å²) in [5.74, 6) is -0.458. The molecule has 0 radical (unpaired) electrons. The fraction of sp³-hybridized carbons (Fsp3) is 0.611. The maximum atomic E-state index is 13.7. The van der Waals surface area contributed by atoms with Crippen LogP contribution in [0.25, 0.3) is 0 Å². The molecule has 0 saturated carbocycles. The molecular formula is C18H27FN2O3S. The number of nitrogens with one attached hydrogen (secondary N) is 1.